The fraction of sp³-hybridized carbons (Fsp3) is 0.208. The molecule has 2 aromatic carbocycles. The van der Waals surface area contributed by atoms with E-state index in [2.05, 4.69) is 5.10 Å². The second-order valence-electron chi connectivity index (χ2n) is 7.61. The van der Waals surface area contributed by atoms with E-state index >= 15 is 0 Å². The third kappa shape index (κ3) is 4.54. The van der Waals surface area contributed by atoms with E-state index in [0.717, 1.165) is 28.1 Å². The summed E-state index contributed by atoms with van der Waals surface area (Å²) in [7, 11) is 3.62. The van der Waals surface area contributed by atoms with Crippen LogP contribution in [0.5, 0.6) is 0 Å². The molecular formula is C24H24ClN5O. The molecule has 0 aliphatic rings. The van der Waals surface area contributed by atoms with Gasteiger partial charge in [-0.2, -0.15) is 10.2 Å². The minimum atomic E-state index is -0.124. The Labute approximate surface area is 186 Å². The summed E-state index contributed by atoms with van der Waals surface area (Å²) in [5, 5.41) is 9.84. The Hall–Kier alpha value is -3.38. The molecule has 4 aromatic rings. The summed E-state index contributed by atoms with van der Waals surface area (Å²) in [6.07, 6.45) is 1.99. The van der Waals surface area contributed by atoms with Crippen molar-refractivity contribution in [3.63, 3.8) is 0 Å². The molecule has 7 heteroatoms. The largest absolute Gasteiger partial charge is 0.336 e. The van der Waals surface area contributed by atoms with Crippen LogP contribution in [0.15, 0.2) is 66.9 Å². The van der Waals surface area contributed by atoms with Gasteiger partial charge >= 0.3 is 0 Å². The van der Waals surface area contributed by atoms with E-state index < -0.39 is 0 Å². The van der Waals surface area contributed by atoms with Crippen molar-refractivity contribution in [3.05, 3.63) is 94.4 Å². The summed E-state index contributed by atoms with van der Waals surface area (Å²) in [5.41, 5.74) is 5.18. The van der Waals surface area contributed by atoms with E-state index in [1.807, 2.05) is 79.4 Å². The highest BCUT2D eigenvalue weighted by Gasteiger charge is 2.20. The minimum absolute atomic E-state index is 0.124. The van der Waals surface area contributed by atoms with Gasteiger partial charge in [0.15, 0.2) is 5.69 Å². The van der Waals surface area contributed by atoms with Crippen molar-refractivity contribution in [2.24, 2.45) is 7.05 Å². The zero-order chi connectivity index (χ0) is 22.0. The SMILES string of the molecule is Cc1cc(C(=O)N(C)Cc2cn(Cc3ccccc3Cl)nc2-c2ccccc2)nn1C. The maximum atomic E-state index is 12.9. The monoisotopic (exact) mass is 433 g/mol. The Morgan fingerprint density at radius 2 is 1.74 bits per heavy atom. The van der Waals surface area contributed by atoms with Gasteiger partial charge in [-0.05, 0) is 24.6 Å². The predicted octanol–water partition coefficient (Wildman–Crippen LogP) is 4.57. The van der Waals surface area contributed by atoms with Gasteiger partial charge < -0.3 is 4.90 Å². The minimum Gasteiger partial charge on any atom is -0.336 e. The van der Waals surface area contributed by atoms with Crippen LogP contribution < -0.4 is 0 Å². The summed E-state index contributed by atoms with van der Waals surface area (Å²) >= 11 is 6.34. The summed E-state index contributed by atoms with van der Waals surface area (Å²) in [4.78, 5) is 14.6. The molecule has 6 nitrogen and oxygen atoms in total. The van der Waals surface area contributed by atoms with Crippen molar-refractivity contribution in [3.8, 4) is 11.3 Å². The van der Waals surface area contributed by atoms with Crippen LogP contribution in [0, 0.1) is 6.92 Å². The maximum Gasteiger partial charge on any atom is 0.274 e. The number of benzene rings is 2. The van der Waals surface area contributed by atoms with Crippen molar-refractivity contribution in [1.29, 1.82) is 0 Å². The fourth-order valence-corrected chi connectivity index (χ4v) is 3.68. The number of halogens is 1. The van der Waals surface area contributed by atoms with E-state index in [9.17, 15) is 4.79 Å². The van der Waals surface area contributed by atoms with Crippen molar-refractivity contribution >= 4 is 17.5 Å². The van der Waals surface area contributed by atoms with Gasteiger partial charge in [0, 0.05) is 48.7 Å². The number of hydrogen-bond acceptors (Lipinski definition) is 3. The highest BCUT2D eigenvalue weighted by molar-refractivity contribution is 6.31. The number of hydrogen-bond donors (Lipinski definition) is 0. The molecule has 4 rings (SSSR count). The average Bonchev–Trinajstić information content (AvgIpc) is 3.32. The lowest BCUT2D eigenvalue weighted by Gasteiger charge is -2.15. The third-order valence-corrected chi connectivity index (χ3v) is 5.63. The first-order chi connectivity index (χ1) is 14.9. The first-order valence-corrected chi connectivity index (χ1v) is 10.4. The van der Waals surface area contributed by atoms with Crippen molar-refractivity contribution < 1.29 is 4.79 Å². The van der Waals surface area contributed by atoms with Gasteiger partial charge in [-0.15, -0.1) is 0 Å². The maximum absolute atomic E-state index is 12.9. The van der Waals surface area contributed by atoms with Crippen molar-refractivity contribution in [2.45, 2.75) is 20.0 Å². The molecule has 0 fully saturated rings. The van der Waals surface area contributed by atoms with Crippen LogP contribution in [0.3, 0.4) is 0 Å². The second-order valence-corrected chi connectivity index (χ2v) is 8.02. The van der Waals surface area contributed by atoms with E-state index in [0.29, 0.717) is 23.8 Å². The summed E-state index contributed by atoms with van der Waals surface area (Å²) in [5.74, 6) is -0.124. The lowest BCUT2D eigenvalue weighted by atomic mass is 10.1. The van der Waals surface area contributed by atoms with E-state index in [-0.39, 0.29) is 5.91 Å². The first kappa shape index (κ1) is 20.9. The topological polar surface area (TPSA) is 56.0 Å². The molecule has 2 heterocycles. The quantitative estimate of drug-likeness (QED) is 0.447. The number of rotatable bonds is 6. The number of carbonyl (C=O) groups excluding carboxylic acids is 1. The molecule has 0 atom stereocenters. The lowest BCUT2D eigenvalue weighted by Crippen LogP contribution is -2.26. The fourth-order valence-electron chi connectivity index (χ4n) is 3.49. The van der Waals surface area contributed by atoms with Gasteiger partial charge in [0.25, 0.3) is 5.91 Å². The summed E-state index contributed by atoms with van der Waals surface area (Å²) in [6.45, 7) is 2.90. The third-order valence-electron chi connectivity index (χ3n) is 5.26. The second kappa shape index (κ2) is 8.78. The Morgan fingerprint density at radius 1 is 1.03 bits per heavy atom. The molecule has 0 saturated carbocycles. The number of amides is 1. The molecule has 158 valence electrons. The average molecular weight is 434 g/mol. The molecular weight excluding hydrogens is 410 g/mol. The lowest BCUT2D eigenvalue weighted by molar-refractivity contribution is 0.0778. The Morgan fingerprint density at radius 3 is 2.42 bits per heavy atom. The van der Waals surface area contributed by atoms with Crippen LogP contribution in [-0.2, 0) is 20.1 Å². The molecule has 0 aliphatic heterocycles. The Balaban J connectivity index is 1.64. The molecule has 31 heavy (non-hydrogen) atoms. The normalized spacial score (nSPS) is 11.0. The van der Waals surface area contributed by atoms with Gasteiger partial charge in [0.05, 0.1) is 12.2 Å². The molecule has 1 amide bonds. The van der Waals surface area contributed by atoms with Crippen LogP contribution in [0.4, 0.5) is 0 Å². The molecule has 0 N–H and O–H groups in total. The molecule has 0 spiro atoms. The van der Waals surface area contributed by atoms with Crippen LogP contribution in [0.1, 0.15) is 27.3 Å². The Kier molecular flexibility index (Phi) is 5.91. The van der Waals surface area contributed by atoms with Gasteiger partial charge in [-0.1, -0.05) is 60.1 Å². The highest BCUT2D eigenvalue weighted by atomic mass is 35.5. The molecule has 0 saturated heterocycles. The molecule has 2 aromatic heterocycles. The number of aromatic nitrogens is 4. The van der Waals surface area contributed by atoms with E-state index in [1.165, 1.54) is 0 Å². The van der Waals surface area contributed by atoms with Gasteiger partial charge in [0.2, 0.25) is 0 Å². The van der Waals surface area contributed by atoms with Crippen molar-refractivity contribution in [1.82, 2.24) is 24.5 Å². The number of nitrogens with zero attached hydrogens (tertiary/aromatic N) is 5. The van der Waals surface area contributed by atoms with Gasteiger partial charge in [-0.3, -0.25) is 14.2 Å². The Bertz CT molecular complexity index is 1190. The summed E-state index contributed by atoms with van der Waals surface area (Å²) in [6, 6.07) is 19.5. The molecule has 0 aliphatic carbocycles. The predicted molar refractivity (Wildman–Crippen MR) is 122 cm³/mol. The first-order valence-electron chi connectivity index (χ1n) is 10.0. The van der Waals surface area contributed by atoms with E-state index in [4.69, 9.17) is 16.7 Å². The molecule has 0 radical (unpaired) electrons. The van der Waals surface area contributed by atoms with Crippen LogP contribution in [0.25, 0.3) is 11.3 Å². The van der Waals surface area contributed by atoms with Crippen molar-refractivity contribution in [2.75, 3.05) is 7.05 Å². The summed E-state index contributed by atoms with van der Waals surface area (Å²) < 4.78 is 3.58. The smallest absolute Gasteiger partial charge is 0.274 e. The molecule has 0 bridgehead atoms. The number of aryl methyl sites for hydroxylation is 2. The van der Waals surface area contributed by atoms with Crippen LogP contribution in [-0.4, -0.2) is 37.4 Å². The molecule has 0 unspecified atom stereocenters. The van der Waals surface area contributed by atoms with E-state index in [1.54, 1.807) is 22.7 Å². The zero-order valence-electron chi connectivity index (χ0n) is 17.8. The standard InChI is InChI=1S/C24H24ClN5O/c1-17-13-22(26-29(17)3)24(31)28(2)14-20-16-30(15-19-11-7-8-12-21(19)25)27-23(20)18-9-5-4-6-10-18/h4-13,16H,14-15H2,1-3H3. The zero-order valence-corrected chi connectivity index (χ0v) is 18.5. The highest BCUT2D eigenvalue weighted by Crippen LogP contribution is 2.25. The van der Waals surface area contributed by atoms with Crippen LogP contribution >= 0.6 is 11.6 Å². The van der Waals surface area contributed by atoms with Crippen LogP contribution in [0.2, 0.25) is 5.02 Å². The van der Waals surface area contributed by atoms with Gasteiger partial charge in [-0.25, -0.2) is 0 Å². The van der Waals surface area contributed by atoms with Gasteiger partial charge in [0.1, 0.15) is 0 Å². The number of carbonyl (C=O) groups is 1.